The van der Waals surface area contributed by atoms with E-state index in [2.05, 4.69) is 20.9 Å². The molecule has 1 aromatic heterocycles. The molecule has 3 nitrogen and oxygen atoms in total. The number of halogens is 1. The Bertz CT molecular complexity index is 635. The molecule has 94 valence electrons. The molecule has 0 spiro atoms. The summed E-state index contributed by atoms with van der Waals surface area (Å²) in [7, 11) is 0. The molecule has 1 heterocycles. The summed E-state index contributed by atoms with van der Waals surface area (Å²) in [4.78, 5) is 16.1. The highest BCUT2D eigenvalue weighted by Crippen LogP contribution is 2.31. The van der Waals surface area contributed by atoms with Crippen molar-refractivity contribution in [2.45, 2.75) is 26.7 Å². The van der Waals surface area contributed by atoms with Crippen molar-refractivity contribution in [2.75, 3.05) is 0 Å². The molecule has 1 aromatic carbocycles. The zero-order chi connectivity index (χ0) is 13.4. The average molecular weight is 308 g/mol. The molecule has 0 saturated heterocycles. The maximum absolute atomic E-state index is 11.5. The number of fused-ring (bicyclic) bond motifs is 1. The van der Waals surface area contributed by atoms with Crippen molar-refractivity contribution < 1.29 is 9.90 Å². The first kappa shape index (κ1) is 13.0. The van der Waals surface area contributed by atoms with Crippen LogP contribution >= 0.6 is 15.9 Å². The zero-order valence-electron chi connectivity index (χ0n) is 10.5. The molecule has 0 unspecified atom stereocenters. The fourth-order valence-corrected chi connectivity index (χ4v) is 2.77. The summed E-state index contributed by atoms with van der Waals surface area (Å²) in [5, 5.41) is 10.1. The van der Waals surface area contributed by atoms with Gasteiger partial charge in [-0.2, -0.15) is 0 Å². The second-order valence-electron chi connectivity index (χ2n) is 4.59. The van der Waals surface area contributed by atoms with Crippen LogP contribution in [-0.2, 0) is 0 Å². The summed E-state index contributed by atoms with van der Waals surface area (Å²) >= 11 is 3.41. The second-order valence-corrected chi connectivity index (χ2v) is 5.45. The molecular formula is C14H14BrNO2. The predicted molar refractivity (Wildman–Crippen MR) is 75.2 cm³/mol. The van der Waals surface area contributed by atoms with Crippen LogP contribution in [0.15, 0.2) is 22.7 Å². The van der Waals surface area contributed by atoms with Crippen LogP contribution in [0.2, 0.25) is 0 Å². The Kier molecular flexibility index (Phi) is 3.39. The maximum Gasteiger partial charge on any atom is 0.336 e. The normalized spacial score (nSPS) is 11.2. The van der Waals surface area contributed by atoms with Crippen LogP contribution < -0.4 is 0 Å². The van der Waals surface area contributed by atoms with Crippen molar-refractivity contribution >= 4 is 32.8 Å². The highest BCUT2D eigenvalue weighted by atomic mass is 79.9. The number of carboxylic acid groups (broad SMARTS) is 1. The Labute approximate surface area is 114 Å². The monoisotopic (exact) mass is 307 g/mol. The molecule has 1 N–H and O–H groups in total. The lowest BCUT2D eigenvalue weighted by Crippen LogP contribution is -2.08. The van der Waals surface area contributed by atoms with E-state index < -0.39 is 5.97 Å². The number of benzene rings is 1. The van der Waals surface area contributed by atoms with E-state index in [0.29, 0.717) is 10.9 Å². The molecule has 0 atom stereocenters. The number of rotatable bonds is 2. The van der Waals surface area contributed by atoms with Crippen LogP contribution in [-0.4, -0.2) is 16.1 Å². The van der Waals surface area contributed by atoms with Crippen LogP contribution in [0.3, 0.4) is 0 Å². The van der Waals surface area contributed by atoms with Gasteiger partial charge in [0.25, 0.3) is 0 Å². The molecule has 0 aliphatic heterocycles. The fourth-order valence-electron chi connectivity index (χ4n) is 2.21. The summed E-state index contributed by atoms with van der Waals surface area (Å²) < 4.78 is 0.767. The second kappa shape index (κ2) is 4.69. The van der Waals surface area contributed by atoms with E-state index in [9.17, 15) is 9.90 Å². The summed E-state index contributed by atoms with van der Waals surface area (Å²) in [5.41, 5.74) is 2.65. The van der Waals surface area contributed by atoms with E-state index in [4.69, 9.17) is 0 Å². The first-order chi connectivity index (χ1) is 8.43. The largest absolute Gasteiger partial charge is 0.478 e. The Morgan fingerprint density at radius 1 is 1.39 bits per heavy atom. The van der Waals surface area contributed by atoms with Gasteiger partial charge in [-0.15, -0.1) is 0 Å². The van der Waals surface area contributed by atoms with Crippen molar-refractivity contribution in [1.29, 1.82) is 0 Å². The molecule has 0 saturated carbocycles. The lowest BCUT2D eigenvalue weighted by Gasteiger charge is -2.14. The topological polar surface area (TPSA) is 50.2 Å². The first-order valence-corrected chi connectivity index (χ1v) is 6.54. The van der Waals surface area contributed by atoms with Crippen molar-refractivity contribution in [3.63, 3.8) is 0 Å². The minimum absolute atomic E-state index is 0.200. The number of hydrogen-bond acceptors (Lipinski definition) is 2. The van der Waals surface area contributed by atoms with Gasteiger partial charge in [-0.05, 0) is 30.5 Å². The molecular weight excluding hydrogens is 294 g/mol. The van der Waals surface area contributed by atoms with Crippen LogP contribution in [0, 0.1) is 6.92 Å². The van der Waals surface area contributed by atoms with E-state index in [1.807, 2.05) is 39.0 Å². The fraction of sp³-hybridized carbons (Fsp3) is 0.286. The average Bonchev–Trinajstić information content (AvgIpc) is 2.28. The smallest absolute Gasteiger partial charge is 0.336 e. The minimum atomic E-state index is -0.909. The zero-order valence-corrected chi connectivity index (χ0v) is 12.1. The molecule has 4 heteroatoms. The van der Waals surface area contributed by atoms with Crippen LogP contribution in [0.25, 0.3) is 10.9 Å². The molecule has 0 radical (unpaired) electrons. The van der Waals surface area contributed by atoms with Crippen molar-refractivity contribution in [1.82, 2.24) is 4.98 Å². The molecule has 18 heavy (non-hydrogen) atoms. The van der Waals surface area contributed by atoms with Crippen molar-refractivity contribution in [3.05, 3.63) is 39.5 Å². The van der Waals surface area contributed by atoms with Gasteiger partial charge >= 0.3 is 5.97 Å². The van der Waals surface area contributed by atoms with E-state index in [-0.39, 0.29) is 5.92 Å². The molecule has 0 aliphatic carbocycles. The Balaban J connectivity index is 2.98. The molecule has 0 fully saturated rings. The predicted octanol–water partition coefficient (Wildman–Crippen LogP) is 4.13. The summed E-state index contributed by atoms with van der Waals surface area (Å²) in [5.74, 6) is -0.708. The SMILES string of the molecule is Cc1c(C(C)C)nc2cccc(Br)c2c1C(=O)O. The van der Waals surface area contributed by atoms with Gasteiger partial charge in [0.2, 0.25) is 0 Å². The lowest BCUT2D eigenvalue weighted by molar-refractivity contribution is 0.0698. The number of aromatic carboxylic acids is 1. The van der Waals surface area contributed by atoms with E-state index in [1.165, 1.54) is 0 Å². The molecule has 0 bridgehead atoms. The van der Waals surface area contributed by atoms with Gasteiger partial charge in [0.15, 0.2) is 0 Å². The van der Waals surface area contributed by atoms with Crippen molar-refractivity contribution in [2.24, 2.45) is 0 Å². The van der Waals surface area contributed by atoms with Crippen LogP contribution in [0.1, 0.15) is 41.4 Å². The number of hydrogen-bond donors (Lipinski definition) is 1. The summed E-state index contributed by atoms with van der Waals surface area (Å²) in [6, 6.07) is 5.55. The van der Waals surface area contributed by atoms with Crippen LogP contribution in [0.4, 0.5) is 0 Å². The van der Waals surface area contributed by atoms with Gasteiger partial charge in [0, 0.05) is 15.6 Å². The van der Waals surface area contributed by atoms with E-state index >= 15 is 0 Å². The minimum Gasteiger partial charge on any atom is -0.478 e. The Morgan fingerprint density at radius 3 is 2.61 bits per heavy atom. The third-order valence-electron chi connectivity index (χ3n) is 3.00. The molecule has 2 rings (SSSR count). The molecule has 2 aromatic rings. The maximum atomic E-state index is 11.5. The van der Waals surface area contributed by atoms with Gasteiger partial charge in [-0.1, -0.05) is 35.8 Å². The van der Waals surface area contributed by atoms with Gasteiger partial charge in [-0.25, -0.2) is 4.79 Å². The third kappa shape index (κ3) is 2.01. The first-order valence-electron chi connectivity index (χ1n) is 5.75. The lowest BCUT2D eigenvalue weighted by atomic mass is 9.96. The Hall–Kier alpha value is -1.42. The van der Waals surface area contributed by atoms with E-state index in [0.717, 1.165) is 21.2 Å². The number of carboxylic acids is 1. The Morgan fingerprint density at radius 2 is 2.06 bits per heavy atom. The van der Waals surface area contributed by atoms with Gasteiger partial charge in [0.05, 0.1) is 11.1 Å². The molecule has 0 amide bonds. The highest BCUT2D eigenvalue weighted by Gasteiger charge is 2.20. The van der Waals surface area contributed by atoms with Crippen LogP contribution in [0.5, 0.6) is 0 Å². The third-order valence-corrected chi connectivity index (χ3v) is 3.66. The number of carbonyl (C=O) groups is 1. The summed E-state index contributed by atoms with van der Waals surface area (Å²) in [6.07, 6.45) is 0. The highest BCUT2D eigenvalue weighted by molar-refractivity contribution is 9.10. The quantitative estimate of drug-likeness (QED) is 0.907. The molecule has 0 aliphatic rings. The van der Waals surface area contributed by atoms with Gasteiger partial charge in [0.1, 0.15) is 0 Å². The van der Waals surface area contributed by atoms with Gasteiger partial charge in [-0.3, -0.25) is 4.98 Å². The van der Waals surface area contributed by atoms with Crippen molar-refractivity contribution in [3.8, 4) is 0 Å². The summed E-state index contributed by atoms with van der Waals surface area (Å²) in [6.45, 7) is 5.86. The van der Waals surface area contributed by atoms with E-state index in [1.54, 1.807) is 0 Å². The number of aromatic nitrogens is 1. The number of pyridine rings is 1. The standard InChI is InChI=1S/C14H14BrNO2/c1-7(2)13-8(3)11(14(17)18)12-9(15)5-4-6-10(12)16-13/h4-7H,1-3H3,(H,17,18). The van der Waals surface area contributed by atoms with Gasteiger partial charge < -0.3 is 5.11 Å². The number of nitrogens with zero attached hydrogens (tertiary/aromatic N) is 1.